The van der Waals surface area contributed by atoms with E-state index in [4.69, 9.17) is 9.47 Å². The van der Waals surface area contributed by atoms with Crippen molar-refractivity contribution in [3.05, 3.63) is 53.8 Å². The van der Waals surface area contributed by atoms with E-state index in [9.17, 15) is 22.8 Å². The smallest absolute Gasteiger partial charge is 0.414 e. The largest absolute Gasteiger partial charge is 0.442 e. The number of ether oxygens (including phenoxy) is 2. The molecular weight excluding hydrogens is 541 g/mol. The van der Waals surface area contributed by atoms with Crippen LogP contribution in [0.3, 0.4) is 0 Å². The van der Waals surface area contributed by atoms with Gasteiger partial charge < -0.3 is 25.0 Å². The standard InChI is InChI=1S/C28H37F3N6O4/c1-2-11-36(18-20-3-5-21(6-4-20)35-12-14-40-15-13-35)34-10-9-32-25-8-7-22(16-24(25)29)37-19-23(41-28(37)39)17-33-27(38)26(30)31/h3-8,16,23,26,32,34H,2,9-15,17-19H2,1H3,(H,33,38)/t23-/m0/s1. The van der Waals surface area contributed by atoms with Gasteiger partial charge in [-0.15, -0.1) is 0 Å². The summed E-state index contributed by atoms with van der Waals surface area (Å²) in [4.78, 5) is 26.8. The van der Waals surface area contributed by atoms with Crippen LogP contribution in [0.2, 0.25) is 0 Å². The van der Waals surface area contributed by atoms with Crippen molar-refractivity contribution in [3.8, 4) is 0 Å². The van der Waals surface area contributed by atoms with Crippen molar-refractivity contribution >= 4 is 29.1 Å². The van der Waals surface area contributed by atoms with Gasteiger partial charge in [-0.25, -0.2) is 14.2 Å². The van der Waals surface area contributed by atoms with E-state index in [1.165, 1.54) is 28.3 Å². The third-order valence-corrected chi connectivity index (χ3v) is 6.80. The van der Waals surface area contributed by atoms with E-state index in [-0.39, 0.29) is 24.5 Å². The van der Waals surface area contributed by atoms with Crippen molar-refractivity contribution in [2.45, 2.75) is 32.4 Å². The first-order valence-corrected chi connectivity index (χ1v) is 13.8. The lowest BCUT2D eigenvalue weighted by atomic mass is 10.2. The minimum Gasteiger partial charge on any atom is -0.442 e. The van der Waals surface area contributed by atoms with Gasteiger partial charge in [0.25, 0.3) is 5.91 Å². The molecule has 2 aromatic carbocycles. The number of anilines is 3. The second-order valence-electron chi connectivity index (χ2n) is 9.85. The molecule has 2 aliphatic heterocycles. The fourth-order valence-electron chi connectivity index (χ4n) is 4.69. The first-order valence-electron chi connectivity index (χ1n) is 13.8. The highest BCUT2D eigenvalue weighted by atomic mass is 19.3. The molecule has 3 N–H and O–H groups in total. The summed E-state index contributed by atoms with van der Waals surface area (Å²) in [5.41, 5.74) is 6.35. The molecule has 0 aliphatic carbocycles. The van der Waals surface area contributed by atoms with E-state index >= 15 is 0 Å². The second-order valence-corrected chi connectivity index (χ2v) is 9.85. The molecule has 4 rings (SSSR count). The van der Waals surface area contributed by atoms with Crippen LogP contribution in [0.1, 0.15) is 18.9 Å². The Morgan fingerprint density at radius 3 is 2.51 bits per heavy atom. The van der Waals surface area contributed by atoms with Gasteiger partial charge in [-0.2, -0.15) is 8.78 Å². The maximum Gasteiger partial charge on any atom is 0.414 e. The van der Waals surface area contributed by atoms with Crippen LogP contribution in [-0.2, 0) is 20.8 Å². The summed E-state index contributed by atoms with van der Waals surface area (Å²) in [7, 11) is 0. The molecule has 0 bridgehead atoms. The Balaban J connectivity index is 1.22. The van der Waals surface area contributed by atoms with E-state index in [1.807, 2.05) is 5.32 Å². The molecule has 0 aromatic heterocycles. The van der Waals surface area contributed by atoms with Gasteiger partial charge >= 0.3 is 12.5 Å². The summed E-state index contributed by atoms with van der Waals surface area (Å²) in [5, 5.41) is 7.23. The zero-order chi connectivity index (χ0) is 29.2. The number of amides is 2. The number of morpholine rings is 1. The molecule has 2 heterocycles. The van der Waals surface area contributed by atoms with Crippen LogP contribution in [0.25, 0.3) is 0 Å². The van der Waals surface area contributed by atoms with Crippen molar-refractivity contribution in [2.75, 3.05) is 74.1 Å². The number of benzene rings is 2. The number of nitrogens with zero attached hydrogens (tertiary/aromatic N) is 3. The average Bonchev–Trinajstić information content (AvgIpc) is 3.35. The molecule has 10 nitrogen and oxygen atoms in total. The molecule has 13 heteroatoms. The van der Waals surface area contributed by atoms with E-state index in [1.54, 1.807) is 6.07 Å². The van der Waals surface area contributed by atoms with Crippen molar-refractivity contribution in [1.82, 2.24) is 15.8 Å². The highest BCUT2D eigenvalue weighted by molar-refractivity contribution is 5.90. The minimum atomic E-state index is -3.15. The topological polar surface area (TPSA) is 98.4 Å². The summed E-state index contributed by atoms with van der Waals surface area (Å²) >= 11 is 0. The molecule has 2 fully saturated rings. The molecule has 0 radical (unpaired) electrons. The Hall–Kier alpha value is -3.55. The molecule has 2 aromatic rings. The molecule has 1 atom stereocenters. The van der Waals surface area contributed by atoms with Crippen LogP contribution in [0.15, 0.2) is 42.5 Å². The quantitative estimate of drug-likeness (QED) is 0.232. The summed E-state index contributed by atoms with van der Waals surface area (Å²) in [6.07, 6.45) is -3.73. The summed E-state index contributed by atoms with van der Waals surface area (Å²) in [6.45, 7) is 7.78. The second kappa shape index (κ2) is 14.9. The highest BCUT2D eigenvalue weighted by Crippen LogP contribution is 2.26. The number of nitrogens with one attached hydrogen (secondary N) is 3. The Morgan fingerprint density at radius 2 is 1.83 bits per heavy atom. The Kier molecular flexibility index (Phi) is 11.0. The molecule has 0 spiro atoms. The van der Waals surface area contributed by atoms with E-state index in [2.05, 4.69) is 51.8 Å². The number of halogens is 3. The van der Waals surface area contributed by atoms with Crippen molar-refractivity contribution in [3.63, 3.8) is 0 Å². The third kappa shape index (κ3) is 8.72. The molecule has 0 unspecified atom stereocenters. The lowest BCUT2D eigenvalue weighted by Gasteiger charge is -2.29. The van der Waals surface area contributed by atoms with Crippen molar-refractivity contribution in [2.24, 2.45) is 0 Å². The maximum atomic E-state index is 14.8. The number of carbonyl (C=O) groups is 2. The van der Waals surface area contributed by atoms with Crippen LogP contribution in [0.4, 0.5) is 35.0 Å². The summed E-state index contributed by atoms with van der Waals surface area (Å²) in [5.74, 6) is -1.98. The van der Waals surface area contributed by atoms with Gasteiger partial charge in [0, 0.05) is 45.0 Å². The Labute approximate surface area is 237 Å². The van der Waals surface area contributed by atoms with Crippen LogP contribution < -0.4 is 25.9 Å². The molecule has 224 valence electrons. The number of carbonyl (C=O) groups excluding carboxylic acids is 2. The van der Waals surface area contributed by atoms with Gasteiger partial charge in [0.05, 0.1) is 37.7 Å². The molecule has 41 heavy (non-hydrogen) atoms. The highest BCUT2D eigenvalue weighted by Gasteiger charge is 2.33. The van der Waals surface area contributed by atoms with Gasteiger partial charge in [-0.1, -0.05) is 19.1 Å². The van der Waals surface area contributed by atoms with Gasteiger partial charge in [0.2, 0.25) is 0 Å². The summed E-state index contributed by atoms with van der Waals surface area (Å²) in [6, 6.07) is 12.9. The SMILES string of the molecule is CCCN(Cc1ccc(N2CCOCC2)cc1)NCCNc1ccc(N2C[C@H](CNC(=O)C(F)F)OC2=O)cc1F. The zero-order valence-electron chi connectivity index (χ0n) is 23.1. The van der Waals surface area contributed by atoms with Gasteiger partial charge in [0.1, 0.15) is 11.9 Å². The molecule has 0 saturated carbocycles. The normalized spacial score (nSPS) is 17.3. The molecule has 2 saturated heterocycles. The minimum absolute atomic E-state index is 0.00168. The average molecular weight is 579 g/mol. The maximum absolute atomic E-state index is 14.8. The number of cyclic esters (lactones) is 1. The van der Waals surface area contributed by atoms with Crippen LogP contribution in [0, 0.1) is 5.82 Å². The first-order chi connectivity index (χ1) is 19.8. The monoisotopic (exact) mass is 578 g/mol. The van der Waals surface area contributed by atoms with Gasteiger partial charge in [-0.05, 0) is 42.3 Å². The Morgan fingerprint density at radius 1 is 1.10 bits per heavy atom. The third-order valence-electron chi connectivity index (χ3n) is 6.80. The number of hydrazine groups is 1. The Bertz CT molecular complexity index is 1150. The fourth-order valence-corrected chi connectivity index (χ4v) is 4.69. The van der Waals surface area contributed by atoms with Gasteiger partial charge in [0.15, 0.2) is 0 Å². The molecular formula is C28H37F3N6O4. The number of hydrogen-bond acceptors (Lipinski definition) is 8. The first kappa shape index (κ1) is 30.4. The van der Waals surface area contributed by atoms with Gasteiger partial charge in [-0.3, -0.25) is 15.1 Å². The van der Waals surface area contributed by atoms with E-state index in [0.717, 1.165) is 45.8 Å². The van der Waals surface area contributed by atoms with E-state index in [0.29, 0.717) is 13.1 Å². The number of alkyl halides is 2. The predicted molar refractivity (Wildman–Crippen MR) is 150 cm³/mol. The van der Waals surface area contributed by atoms with Crippen LogP contribution >= 0.6 is 0 Å². The van der Waals surface area contributed by atoms with Crippen LogP contribution in [0.5, 0.6) is 0 Å². The van der Waals surface area contributed by atoms with Crippen molar-refractivity contribution < 1.29 is 32.2 Å². The van der Waals surface area contributed by atoms with E-state index < -0.39 is 30.3 Å². The lowest BCUT2D eigenvalue weighted by Crippen LogP contribution is -2.40. The fraction of sp³-hybridized carbons (Fsp3) is 0.500. The lowest BCUT2D eigenvalue weighted by molar-refractivity contribution is -0.132. The predicted octanol–water partition coefficient (Wildman–Crippen LogP) is 3.20. The van der Waals surface area contributed by atoms with Crippen LogP contribution in [-0.4, -0.2) is 88.6 Å². The molecule has 2 amide bonds. The number of hydrogen-bond donors (Lipinski definition) is 3. The summed E-state index contributed by atoms with van der Waals surface area (Å²) < 4.78 is 50.0. The zero-order valence-corrected chi connectivity index (χ0v) is 23.1. The molecule has 2 aliphatic rings. The number of rotatable bonds is 14. The van der Waals surface area contributed by atoms with Crippen molar-refractivity contribution in [1.29, 1.82) is 0 Å².